The smallest absolute Gasteiger partial charge is 0.425 e. The van der Waals surface area contributed by atoms with E-state index < -0.39 is 30.0 Å². The van der Waals surface area contributed by atoms with E-state index in [0.29, 0.717) is 6.42 Å². The first-order chi connectivity index (χ1) is 21.1. The van der Waals surface area contributed by atoms with Crippen molar-refractivity contribution in [1.29, 1.82) is 0 Å². The third-order valence-electron chi connectivity index (χ3n) is 7.48. The third kappa shape index (κ3) is 9.86. The maximum Gasteiger partial charge on any atom is 0.425 e. The fourth-order valence-corrected chi connectivity index (χ4v) is 4.96. The molecule has 0 radical (unpaired) electrons. The standard InChI is InChI=1S/C34H40F4N2O4/c1-3-5-7-9-10-11-13-23-21-39-31(40-22-23)27-20-19-26(32(41)42)29(30(27)35)24-15-17-25(18-16-24)33(43)44-28(34(36,37)38)14-12-8-6-4-2/h15-22,28H,3-14H2,1-2H3,(H,41,42). The van der Waals surface area contributed by atoms with Crippen molar-refractivity contribution in [3.8, 4) is 22.5 Å². The molecule has 0 aliphatic carbocycles. The second-order valence-corrected chi connectivity index (χ2v) is 10.9. The molecule has 0 spiro atoms. The first kappa shape index (κ1) is 34.7. The van der Waals surface area contributed by atoms with Gasteiger partial charge in [-0.15, -0.1) is 0 Å². The van der Waals surface area contributed by atoms with E-state index in [1.54, 1.807) is 12.4 Å². The normalized spacial score (nSPS) is 12.2. The highest BCUT2D eigenvalue weighted by atomic mass is 19.4. The Morgan fingerprint density at radius 3 is 2.02 bits per heavy atom. The fraction of sp³-hybridized carbons (Fsp3) is 0.471. The van der Waals surface area contributed by atoms with Crippen molar-refractivity contribution in [2.75, 3.05) is 0 Å². The van der Waals surface area contributed by atoms with Crippen LogP contribution in [0.5, 0.6) is 0 Å². The van der Waals surface area contributed by atoms with Crippen LogP contribution >= 0.6 is 0 Å². The minimum Gasteiger partial charge on any atom is -0.478 e. The summed E-state index contributed by atoms with van der Waals surface area (Å²) in [6.45, 7) is 4.11. The van der Waals surface area contributed by atoms with Gasteiger partial charge in [-0.05, 0) is 61.1 Å². The number of carbonyl (C=O) groups excluding carboxylic acids is 1. The molecule has 1 unspecified atom stereocenters. The molecule has 0 saturated carbocycles. The summed E-state index contributed by atoms with van der Waals surface area (Å²) in [6, 6.07) is 7.48. The van der Waals surface area contributed by atoms with Crippen LogP contribution in [0.15, 0.2) is 48.8 Å². The van der Waals surface area contributed by atoms with Gasteiger partial charge in [0.1, 0.15) is 5.82 Å². The number of aromatic nitrogens is 2. The van der Waals surface area contributed by atoms with Gasteiger partial charge in [-0.1, -0.05) is 77.3 Å². The van der Waals surface area contributed by atoms with Crippen molar-refractivity contribution >= 4 is 11.9 Å². The first-order valence-corrected chi connectivity index (χ1v) is 15.3. The molecule has 0 amide bonds. The number of benzene rings is 2. The van der Waals surface area contributed by atoms with Crippen molar-refractivity contribution in [2.45, 2.75) is 103 Å². The number of esters is 1. The zero-order valence-corrected chi connectivity index (χ0v) is 25.3. The summed E-state index contributed by atoms with van der Waals surface area (Å²) in [5.41, 5.74) is 0.280. The molecule has 0 fully saturated rings. The van der Waals surface area contributed by atoms with Gasteiger partial charge in [0.05, 0.1) is 16.7 Å². The van der Waals surface area contributed by atoms with E-state index in [9.17, 15) is 27.9 Å². The third-order valence-corrected chi connectivity index (χ3v) is 7.48. The highest BCUT2D eigenvalue weighted by Gasteiger charge is 2.42. The number of aryl methyl sites for hydroxylation is 1. The second-order valence-electron chi connectivity index (χ2n) is 10.9. The van der Waals surface area contributed by atoms with Gasteiger partial charge in [0, 0.05) is 18.0 Å². The number of rotatable bonds is 17. The maximum absolute atomic E-state index is 15.9. The number of alkyl halides is 3. The summed E-state index contributed by atoms with van der Waals surface area (Å²) < 4.78 is 61.1. The number of halogens is 4. The fourth-order valence-electron chi connectivity index (χ4n) is 4.96. The highest BCUT2D eigenvalue weighted by Crippen LogP contribution is 2.34. The molecule has 238 valence electrons. The molecule has 1 heterocycles. The quantitative estimate of drug-likeness (QED) is 0.0923. The molecule has 3 rings (SSSR count). The van der Waals surface area contributed by atoms with E-state index in [4.69, 9.17) is 4.74 Å². The van der Waals surface area contributed by atoms with Crippen LogP contribution in [-0.4, -0.2) is 39.3 Å². The van der Waals surface area contributed by atoms with Crippen LogP contribution < -0.4 is 0 Å². The van der Waals surface area contributed by atoms with Gasteiger partial charge < -0.3 is 9.84 Å². The number of unbranched alkanes of at least 4 members (excludes halogenated alkanes) is 8. The van der Waals surface area contributed by atoms with E-state index in [1.165, 1.54) is 62.1 Å². The number of hydrogen-bond acceptors (Lipinski definition) is 5. The van der Waals surface area contributed by atoms with Gasteiger partial charge in [-0.3, -0.25) is 0 Å². The topological polar surface area (TPSA) is 89.4 Å². The van der Waals surface area contributed by atoms with Crippen LogP contribution in [-0.2, 0) is 11.2 Å². The molecule has 44 heavy (non-hydrogen) atoms. The lowest BCUT2D eigenvalue weighted by molar-refractivity contribution is -0.206. The summed E-state index contributed by atoms with van der Waals surface area (Å²) >= 11 is 0. The number of nitrogens with zero attached hydrogens (tertiary/aromatic N) is 2. The number of carboxylic acids is 1. The molecule has 0 aliphatic heterocycles. The molecule has 6 nitrogen and oxygen atoms in total. The van der Waals surface area contributed by atoms with Crippen LogP contribution in [0.4, 0.5) is 17.6 Å². The zero-order chi connectivity index (χ0) is 32.1. The van der Waals surface area contributed by atoms with Crippen molar-refractivity contribution in [1.82, 2.24) is 9.97 Å². The molecular weight excluding hydrogens is 576 g/mol. The Labute approximate surface area is 255 Å². The molecule has 10 heteroatoms. The molecule has 0 saturated heterocycles. The molecular formula is C34H40F4N2O4. The van der Waals surface area contributed by atoms with Crippen LogP contribution in [0.25, 0.3) is 22.5 Å². The number of ether oxygens (including phenoxy) is 1. The van der Waals surface area contributed by atoms with Crippen LogP contribution in [0, 0.1) is 5.82 Å². The molecule has 0 bridgehead atoms. The molecule has 2 aromatic carbocycles. The van der Waals surface area contributed by atoms with E-state index >= 15 is 4.39 Å². The maximum atomic E-state index is 15.9. The Hall–Kier alpha value is -3.82. The van der Waals surface area contributed by atoms with Gasteiger partial charge >= 0.3 is 18.1 Å². The minimum absolute atomic E-state index is 0.00399. The van der Waals surface area contributed by atoms with Crippen molar-refractivity contribution in [3.05, 3.63) is 71.3 Å². The van der Waals surface area contributed by atoms with E-state index in [1.807, 2.05) is 6.92 Å². The van der Waals surface area contributed by atoms with Gasteiger partial charge in [0.15, 0.2) is 11.9 Å². The number of aromatic carboxylic acids is 1. The van der Waals surface area contributed by atoms with Crippen molar-refractivity contribution in [2.24, 2.45) is 0 Å². The number of carboxylic acid groups (broad SMARTS) is 1. The van der Waals surface area contributed by atoms with E-state index in [0.717, 1.165) is 37.7 Å². The Morgan fingerprint density at radius 1 is 0.841 bits per heavy atom. The lowest BCUT2D eigenvalue weighted by Crippen LogP contribution is -2.33. The lowest BCUT2D eigenvalue weighted by atomic mass is 9.95. The summed E-state index contributed by atoms with van der Waals surface area (Å²) in [4.78, 5) is 33.2. The Balaban J connectivity index is 1.79. The Morgan fingerprint density at radius 2 is 1.43 bits per heavy atom. The van der Waals surface area contributed by atoms with Crippen molar-refractivity contribution in [3.63, 3.8) is 0 Å². The number of carbonyl (C=O) groups is 2. The summed E-state index contributed by atoms with van der Waals surface area (Å²) in [7, 11) is 0. The molecule has 0 aliphatic rings. The lowest BCUT2D eigenvalue weighted by Gasteiger charge is -2.20. The molecule has 1 N–H and O–H groups in total. The first-order valence-electron chi connectivity index (χ1n) is 15.3. The van der Waals surface area contributed by atoms with Gasteiger partial charge in [0.25, 0.3) is 0 Å². The molecule has 3 aromatic rings. The molecule has 1 aromatic heterocycles. The molecule has 1 atom stereocenters. The highest BCUT2D eigenvalue weighted by molar-refractivity contribution is 5.98. The second kappa shape index (κ2) is 16.9. The Kier molecular flexibility index (Phi) is 13.3. The van der Waals surface area contributed by atoms with Gasteiger partial charge in [0.2, 0.25) is 0 Å². The summed E-state index contributed by atoms with van der Waals surface area (Å²) in [6.07, 6.45) is 6.19. The zero-order valence-electron chi connectivity index (χ0n) is 25.3. The van der Waals surface area contributed by atoms with E-state index in [-0.39, 0.29) is 46.5 Å². The average Bonchev–Trinajstić information content (AvgIpc) is 3.00. The predicted molar refractivity (Wildman–Crippen MR) is 161 cm³/mol. The number of hydrogen-bond donors (Lipinski definition) is 1. The summed E-state index contributed by atoms with van der Waals surface area (Å²) in [5.74, 6) is -3.32. The van der Waals surface area contributed by atoms with Crippen molar-refractivity contribution < 1.29 is 37.0 Å². The largest absolute Gasteiger partial charge is 0.478 e. The van der Waals surface area contributed by atoms with Gasteiger partial charge in [-0.2, -0.15) is 13.2 Å². The van der Waals surface area contributed by atoms with Crippen LogP contribution in [0.1, 0.15) is 111 Å². The monoisotopic (exact) mass is 616 g/mol. The van der Waals surface area contributed by atoms with Gasteiger partial charge in [-0.25, -0.2) is 23.9 Å². The van der Waals surface area contributed by atoms with E-state index in [2.05, 4.69) is 16.9 Å². The minimum atomic E-state index is -4.71. The average molecular weight is 617 g/mol. The van der Waals surface area contributed by atoms with Crippen LogP contribution in [0.2, 0.25) is 0 Å². The summed E-state index contributed by atoms with van der Waals surface area (Å²) in [5, 5.41) is 9.74. The Bertz CT molecular complexity index is 1360. The van der Waals surface area contributed by atoms with Crippen LogP contribution in [0.3, 0.4) is 0 Å². The SMILES string of the molecule is CCCCCCCCc1cnc(-c2ccc(C(=O)O)c(-c3ccc(C(=O)OC(CCCCCC)C(F)(F)F)cc3)c2F)nc1. The predicted octanol–water partition coefficient (Wildman–Crippen LogP) is 9.61.